The number of nitriles is 1. The Balaban J connectivity index is 1.95. The second-order valence-electron chi connectivity index (χ2n) is 5.82. The van der Waals surface area contributed by atoms with E-state index in [-0.39, 0.29) is 11.5 Å². The zero-order chi connectivity index (χ0) is 19.3. The highest BCUT2D eigenvalue weighted by atomic mass is 16.5. The first-order valence-corrected chi connectivity index (χ1v) is 8.97. The molecule has 0 aliphatic carbocycles. The maximum Gasteiger partial charge on any atom is 0.261 e. The second-order valence-corrected chi connectivity index (χ2v) is 5.82. The molecule has 0 unspecified atom stereocenters. The molecule has 2 aromatic carbocycles. The molecule has 1 N–H and O–H groups in total. The van der Waals surface area contributed by atoms with E-state index in [4.69, 9.17) is 9.47 Å². The number of amides is 1. The van der Waals surface area contributed by atoms with E-state index in [0.717, 1.165) is 11.1 Å². The number of nitrogens with one attached hydrogen (secondary N) is 1. The predicted molar refractivity (Wildman–Crippen MR) is 105 cm³/mol. The van der Waals surface area contributed by atoms with Gasteiger partial charge in [-0.2, -0.15) is 5.26 Å². The van der Waals surface area contributed by atoms with Crippen LogP contribution >= 0.6 is 0 Å². The van der Waals surface area contributed by atoms with Gasteiger partial charge in [0.2, 0.25) is 0 Å². The molecular weight excluding hydrogens is 340 g/mol. The van der Waals surface area contributed by atoms with Crippen LogP contribution in [0.5, 0.6) is 5.75 Å². The second kappa shape index (κ2) is 11.5. The van der Waals surface area contributed by atoms with Crippen molar-refractivity contribution in [1.29, 1.82) is 5.26 Å². The molecule has 0 bridgehead atoms. The normalized spacial score (nSPS) is 10.9. The van der Waals surface area contributed by atoms with Gasteiger partial charge in [-0.1, -0.05) is 42.5 Å². The number of hydrogen-bond acceptors (Lipinski definition) is 4. The summed E-state index contributed by atoms with van der Waals surface area (Å²) in [7, 11) is 0. The molecule has 0 aliphatic heterocycles. The van der Waals surface area contributed by atoms with Gasteiger partial charge in [0, 0.05) is 19.8 Å². The number of carbonyl (C=O) groups is 1. The van der Waals surface area contributed by atoms with Gasteiger partial charge < -0.3 is 14.8 Å². The number of hydrogen-bond donors (Lipinski definition) is 1. The monoisotopic (exact) mass is 364 g/mol. The highest BCUT2D eigenvalue weighted by molar-refractivity contribution is 6.01. The molecule has 0 fully saturated rings. The smallest absolute Gasteiger partial charge is 0.261 e. The SMILES string of the molecule is CCOCCCNC(=O)/C(C#N)=C/c1cccc(OCc2ccccc2)c1. The van der Waals surface area contributed by atoms with Gasteiger partial charge >= 0.3 is 0 Å². The van der Waals surface area contributed by atoms with Crippen molar-refractivity contribution in [2.45, 2.75) is 20.0 Å². The van der Waals surface area contributed by atoms with Gasteiger partial charge in [-0.05, 0) is 42.7 Å². The van der Waals surface area contributed by atoms with Crippen LogP contribution in [-0.4, -0.2) is 25.7 Å². The molecule has 0 atom stereocenters. The number of benzene rings is 2. The van der Waals surface area contributed by atoms with E-state index < -0.39 is 0 Å². The van der Waals surface area contributed by atoms with Crippen molar-refractivity contribution >= 4 is 12.0 Å². The van der Waals surface area contributed by atoms with E-state index in [0.29, 0.717) is 38.5 Å². The van der Waals surface area contributed by atoms with Crippen molar-refractivity contribution in [3.63, 3.8) is 0 Å². The number of rotatable bonds is 10. The third kappa shape index (κ3) is 7.35. The molecule has 5 nitrogen and oxygen atoms in total. The van der Waals surface area contributed by atoms with Crippen LogP contribution in [0.1, 0.15) is 24.5 Å². The molecule has 5 heteroatoms. The highest BCUT2D eigenvalue weighted by Crippen LogP contribution is 2.17. The fraction of sp³-hybridized carbons (Fsp3) is 0.273. The average Bonchev–Trinajstić information content (AvgIpc) is 2.71. The molecule has 0 aliphatic rings. The van der Waals surface area contributed by atoms with Crippen LogP contribution in [0.2, 0.25) is 0 Å². The molecule has 27 heavy (non-hydrogen) atoms. The summed E-state index contributed by atoms with van der Waals surface area (Å²) in [5.41, 5.74) is 1.87. The van der Waals surface area contributed by atoms with E-state index in [1.54, 1.807) is 6.08 Å². The Kier molecular flexibility index (Phi) is 8.61. The number of carbonyl (C=O) groups excluding carboxylic acids is 1. The van der Waals surface area contributed by atoms with Crippen LogP contribution in [0.4, 0.5) is 0 Å². The highest BCUT2D eigenvalue weighted by Gasteiger charge is 2.08. The van der Waals surface area contributed by atoms with E-state index in [2.05, 4.69) is 5.32 Å². The van der Waals surface area contributed by atoms with Crippen LogP contribution in [0.25, 0.3) is 6.08 Å². The minimum Gasteiger partial charge on any atom is -0.489 e. The summed E-state index contributed by atoms with van der Waals surface area (Å²) in [6.45, 7) is 4.09. The molecule has 140 valence electrons. The Morgan fingerprint density at radius 3 is 2.74 bits per heavy atom. The third-order valence-corrected chi connectivity index (χ3v) is 3.74. The predicted octanol–water partition coefficient (Wildman–Crippen LogP) is 3.72. The zero-order valence-electron chi connectivity index (χ0n) is 15.5. The fourth-order valence-electron chi connectivity index (χ4n) is 2.37. The molecule has 1 amide bonds. The Bertz CT molecular complexity index is 795. The maximum absolute atomic E-state index is 12.1. The molecule has 2 rings (SSSR count). The van der Waals surface area contributed by atoms with E-state index in [1.165, 1.54) is 0 Å². The van der Waals surface area contributed by atoms with Crippen LogP contribution < -0.4 is 10.1 Å². The van der Waals surface area contributed by atoms with Crippen LogP contribution in [0.15, 0.2) is 60.2 Å². The lowest BCUT2D eigenvalue weighted by atomic mass is 10.1. The molecule has 0 radical (unpaired) electrons. The molecular formula is C22H24N2O3. The van der Waals surface area contributed by atoms with E-state index >= 15 is 0 Å². The largest absolute Gasteiger partial charge is 0.489 e. The van der Waals surface area contributed by atoms with Crippen LogP contribution in [-0.2, 0) is 16.1 Å². The summed E-state index contributed by atoms with van der Waals surface area (Å²) in [6, 6.07) is 19.1. The number of ether oxygens (including phenoxy) is 2. The lowest BCUT2D eigenvalue weighted by Gasteiger charge is -2.07. The van der Waals surface area contributed by atoms with Crippen LogP contribution in [0.3, 0.4) is 0 Å². The summed E-state index contributed by atoms with van der Waals surface area (Å²) in [5, 5.41) is 12.0. The molecule has 0 spiro atoms. The van der Waals surface area contributed by atoms with Crippen molar-refractivity contribution in [3.05, 3.63) is 71.3 Å². The topological polar surface area (TPSA) is 71.3 Å². The first-order chi connectivity index (χ1) is 13.2. The minimum atomic E-state index is -0.385. The first kappa shape index (κ1) is 20.2. The molecule has 0 saturated carbocycles. The molecule has 2 aromatic rings. The Morgan fingerprint density at radius 2 is 2.00 bits per heavy atom. The molecule has 0 saturated heterocycles. The van der Waals surface area contributed by atoms with Gasteiger partial charge in [0.05, 0.1) is 0 Å². The quantitative estimate of drug-likeness (QED) is 0.396. The third-order valence-electron chi connectivity index (χ3n) is 3.74. The molecule has 0 heterocycles. The minimum absolute atomic E-state index is 0.0617. The lowest BCUT2D eigenvalue weighted by Crippen LogP contribution is -2.26. The summed E-state index contributed by atoms with van der Waals surface area (Å²) >= 11 is 0. The van der Waals surface area contributed by atoms with Gasteiger partial charge in [0.25, 0.3) is 5.91 Å². The van der Waals surface area contributed by atoms with Crippen molar-refractivity contribution < 1.29 is 14.3 Å². The lowest BCUT2D eigenvalue weighted by molar-refractivity contribution is -0.117. The summed E-state index contributed by atoms with van der Waals surface area (Å²) in [5.74, 6) is 0.298. The summed E-state index contributed by atoms with van der Waals surface area (Å²) in [6.07, 6.45) is 2.27. The van der Waals surface area contributed by atoms with Gasteiger partial charge in [0.15, 0.2) is 0 Å². The Morgan fingerprint density at radius 1 is 1.19 bits per heavy atom. The maximum atomic E-state index is 12.1. The zero-order valence-corrected chi connectivity index (χ0v) is 15.5. The van der Waals surface area contributed by atoms with Gasteiger partial charge in [-0.15, -0.1) is 0 Å². The van der Waals surface area contributed by atoms with Crippen LogP contribution in [0, 0.1) is 11.3 Å². The van der Waals surface area contributed by atoms with Gasteiger partial charge in [-0.3, -0.25) is 4.79 Å². The fourth-order valence-corrected chi connectivity index (χ4v) is 2.37. The van der Waals surface area contributed by atoms with Gasteiger partial charge in [0.1, 0.15) is 24.0 Å². The van der Waals surface area contributed by atoms with E-state index in [1.807, 2.05) is 67.6 Å². The average molecular weight is 364 g/mol. The Hall–Kier alpha value is -3.10. The summed E-state index contributed by atoms with van der Waals surface area (Å²) < 4.78 is 11.0. The van der Waals surface area contributed by atoms with E-state index in [9.17, 15) is 10.1 Å². The number of nitrogens with zero attached hydrogens (tertiary/aromatic N) is 1. The Labute approximate surface area is 160 Å². The first-order valence-electron chi connectivity index (χ1n) is 8.97. The standard InChI is InChI=1S/C22H24N2O3/c1-2-26-13-7-12-24-22(25)20(16-23)14-19-10-6-11-21(15-19)27-17-18-8-4-3-5-9-18/h3-6,8-11,14-15H,2,7,12-13,17H2,1H3,(H,24,25)/b20-14+. The van der Waals surface area contributed by atoms with Crippen molar-refractivity contribution in [1.82, 2.24) is 5.32 Å². The van der Waals surface area contributed by atoms with Crippen molar-refractivity contribution in [3.8, 4) is 11.8 Å². The summed E-state index contributed by atoms with van der Waals surface area (Å²) in [4.78, 5) is 12.1. The van der Waals surface area contributed by atoms with Crippen molar-refractivity contribution in [2.24, 2.45) is 0 Å². The van der Waals surface area contributed by atoms with Gasteiger partial charge in [-0.25, -0.2) is 0 Å². The molecule has 0 aromatic heterocycles. The van der Waals surface area contributed by atoms with Crippen molar-refractivity contribution in [2.75, 3.05) is 19.8 Å².